The lowest BCUT2D eigenvalue weighted by Gasteiger charge is -2.34. The van der Waals surface area contributed by atoms with Gasteiger partial charge in [0.2, 0.25) is 6.41 Å². The lowest BCUT2D eigenvalue weighted by atomic mass is 10.2. The molecule has 0 aliphatic carbocycles. The number of hydrogen-bond acceptors (Lipinski definition) is 4. The Morgan fingerprint density at radius 3 is 2.53 bits per heavy atom. The van der Waals surface area contributed by atoms with Crippen LogP contribution in [-0.2, 0) is 4.79 Å². The van der Waals surface area contributed by atoms with E-state index in [4.69, 9.17) is 10.5 Å². The summed E-state index contributed by atoms with van der Waals surface area (Å²) in [5.74, 6) is 0.762. The zero-order chi connectivity index (χ0) is 12.3. The van der Waals surface area contributed by atoms with Crippen molar-refractivity contribution in [2.75, 3.05) is 43.9 Å². The van der Waals surface area contributed by atoms with Gasteiger partial charge in [-0.05, 0) is 12.1 Å². The van der Waals surface area contributed by atoms with Crippen LogP contribution >= 0.6 is 0 Å². The molecule has 1 aliphatic heterocycles. The fraction of sp³-hybridized carbons (Fsp3) is 0.417. The third kappa shape index (κ3) is 2.43. The summed E-state index contributed by atoms with van der Waals surface area (Å²) < 4.78 is 5.12. The molecule has 0 atom stereocenters. The first-order valence-corrected chi connectivity index (χ1v) is 5.62. The number of anilines is 2. The molecule has 0 unspecified atom stereocenters. The number of methoxy groups -OCH3 is 1. The SMILES string of the molecule is COc1ccc(N2CCN(C=O)CC2)c(N)c1. The maximum absolute atomic E-state index is 10.6. The molecular formula is C12H17N3O2. The quantitative estimate of drug-likeness (QED) is 0.614. The summed E-state index contributed by atoms with van der Waals surface area (Å²) in [6.45, 7) is 3.12. The molecular weight excluding hydrogens is 218 g/mol. The third-order valence-electron chi connectivity index (χ3n) is 3.04. The van der Waals surface area contributed by atoms with Crippen LogP contribution in [0.4, 0.5) is 11.4 Å². The molecule has 0 bridgehead atoms. The van der Waals surface area contributed by atoms with Crippen molar-refractivity contribution >= 4 is 17.8 Å². The molecule has 92 valence electrons. The molecule has 1 aromatic rings. The summed E-state index contributed by atoms with van der Waals surface area (Å²) in [4.78, 5) is 14.6. The monoisotopic (exact) mass is 235 g/mol. The maximum Gasteiger partial charge on any atom is 0.209 e. The molecule has 2 N–H and O–H groups in total. The van der Waals surface area contributed by atoms with Gasteiger partial charge in [-0.2, -0.15) is 0 Å². The number of benzene rings is 1. The number of ether oxygens (including phenoxy) is 1. The molecule has 1 heterocycles. The molecule has 0 saturated carbocycles. The lowest BCUT2D eigenvalue weighted by Crippen LogP contribution is -2.45. The Kier molecular flexibility index (Phi) is 3.37. The number of rotatable bonds is 3. The number of nitrogens with two attached hydrogens (primary N) is 1. The largest absolute Gasteiger partial charge is 0.497 e. The second-order valence-electron chi connectivity index (χ2n) is 4.05. The van der Waals surface area contributed by atoms with Crippen molar-refractivity contribution in [2.24, 2.45) is 0 Å². The first-order valence-electron chi connectivity index (χ1n) is 5.62. The van der Waals surface area contributed by atoms with Crippen LogP contribution in [0, 0.1) is 0 Å². The Morgan fingerprint density at radius 2 is 2.00 bits per heavy atom. The van der Waals surface area contributed by atoms with Crippen molar-refractivity contribution in [2.45, 2.75) is 0 Å². The standard InChI is InChI=1S/C12H17N3O2/c1-17-10-2-3-12(11(13)8-10)15-6-4-14(9-16)5-7-15/h2-3,8-9H,4-7,13H2,1H3. The number of amides is 1. The Bertz CT molecular complexity index is 401. The lowest BCUT2D eigenvalue weighted by molar-refractivity contribution is -0.118. The van der Waals surface area contributed by atoms with Crippen molar-refractivity contribution in [3.05, 3.63) is 18.2 Å². The summed E-state index contributed by atoms with van der Waals surface area (Å²) in [5, 5.41) is 0. The van der Waals surface area contributed by atoms with Crippen molar-refractivity contribution < 1.29 is 9.53 Å². The highest BCUT2D eigenvalue weighted by atomic mass is 16.5. The van der Waals surface area contributed by atoms with E-state index in [-0.39, 0.29) is 0 Å². The number of carbonyl (C=O) groups is 1. The third-order valence-corrected chi connectivity index (χ3v) is 3.04. The highest BCUT2D eigenvalue weighted by molar-refractivity contribution is 5.70. The Balaban J connectivity index is 2.10. The van der Waals surface area contributed by atoms with E-state index < -0.39 is 0 Å². The summed E-state index contributed by atoms with van der Waals surface area (Å²) in [5.41, 5.74) is 7.71. The number of nitrogen functional groups attached to an aromatic ring is 1. The van der Waals surface area contributed by atoms with E-state index in [0.29, 0.717) is 5.69 Å². The topological polar surface area (TPSA) is 58.8 Å². The fourth-order valence-corrected chi connectivity index (χ4v) is 2.02. The van der Waals surface area contributed by atoms with Crippen molar-refractivity contribution in [3.8, 4) is 5.75 Å². The van der Waals surface area contributed by atoms with E-state index in [1.54, 1.807) is 12.0 Å². The molecule has 0 radical (unpaired) electrons. The van der Waals surface area contributed by atoms with Gasteiger partial charge in [0, 0.05) is 32.2 Å². The van der Waals surface area contributed by atoms with Crippen LogP contribution in [0.3, 0.4) is 0 Å². The van der Waals surface area contributed by atoms with Gasteiger partial charge in [-0.25, -0.2) is 0 Å². The Labute approximate surface area is 101 Å². The van der Waals surface area contributed by atoms with Crippen LogP contribution in [0.5, 0.6) is 5.75 Å². The van der Waals surface area contributed by atoms with Crippen molar-refractivity contribution in [3.63, 3.8) is 0 Å². The molecule has 1 aliphatic rings. The second kappa shape index (κ2) is 4.95. The van der Waals surface area contributed by atoms with Gasteiger partial charge in [0.05, 0.1) is 18.5 Å². The summed E-state index contributed by atoms with van der Waals surface area (Å²) in [6.07, 6.45) is 0.898. The zero-order valence-corrected chi connectivity index (χ0v) is 9.93. The van der Waals surface area contributed by atoms with E-state index in [2.05, 4.69) is 4.90 Å². The molecule has 0 spiro atoms. The van der Waals surface area contributed by atoms with Crippen LogP contribution < -0.4 is 15.4 Å². The smallest absolute Gasteiger partial charge is 0.209 e. The average Bonchev–Trinajstić information content (AvgIpc) is 2.39. The van der Waals surface area contributed by atoms with Gasteiger partial charge in [-0.15, -0.1) is 0 Å². The van der Waals surface area contributed by atoms with E-state index in [9.17, 15) is 4.79 Å². The van der Waals surface area contributed by atoms with Crippen LogP contribution in [-0.4, -0.2) is 44.6 Å². The van der Waals surface area contributed by atoms with Crippen molar-refractivity contribution in [1.29, 1.82) is 0 Å². The second-order valence-corrected chi connectivity index (χ2v) is 4.05. The molecule has 1 aromatic carbocycles. The van der Waals surface area contributed by atoms with E-state index in [1.165, 1.54) is 0 Å². The molecule has 17 heavy (non-hydrogen) atoms. The minimum atomic E-state index is 0.712. The molecule has 1 saturated heterocycles. The van der Waals surface area contributed by atoms with Gasteiger partial charge in [0.1, 0.15) is 5.75 Å². The van der Waals surface area contributed by atoms with Gasteiger partial charge < -0.3 is 20.3 Å². The molecule has 1 fully saturated rings. The normalized spacial score (nSPS) is 15.8. The average molecular weight is 235 g/mol. The van der Waals surface area contributed by atoms with Gasteiger partial charge in [0.15, 0.2) is 0 Å². The minimum absolute atomic E-state index is 0.712. The summed E-state index contributed by atoms with van der Waals surface area (Å²) in [6, 6.07) is 5.68. The predicted molar refractivity (Wildman–Crippen MR) is 67.3 cm³/mol. The molecule has 5 heteroatoms. The van der Waals surface area contributed by atoms with E-state index >= 15 is 0 Å². The van der Waals surface area contributed by atoms with Crippen LogP contribution in [0.1, 0.15) is 0 Å². The summed E-state index contributed by atoms with van der Waals surface area (Å²) in [7, 11) is 1.62. The first kappa shape index (κ1) is 11.6. The molecule has 5 nitrogen and oxygen atoms in total. The van der Waals surface area contributed by atoms with E-state index in [1.807, 2.05) is 18.2 Å². The zero-order valence-electron chi connectivity index (χ0n) is 9.93. The van der Waals surface area contributed by atoms with Crippen molar-refractivity contribution in [1.82, 2.24) is 4.90 Å². The highest BCUT2D eigenvalue weighted by Crippen LogP contribution is 2.28. The minimum Gasteiger partial charge on any atom is -0.497 e. The van der Waals surface area contributed by atoms with Crippen LogP contribution in [0.2, 0.25) is 0 Å². The number of nitrogens with zero attached hydrogens (tertiary/aromatic N) is 2. The molecule has 0 aromatic heterocycles. The van der Waals surface area contributed by atoms with Gasteiger partial charge >= 0.3 is 0 Å². The van der Waals surface area contributed by atoms with Gasteiger partial charge in [0.25, 0.3) is 0 Å². The van der Waals surface area contributed by atoms with Gasteiger partial charge in [-0.1, -0.05) is 0 Å². The Hall–Kier alpha value is -1.91. The van der Waals surface area contributed by atoms with E-state index in [0.717, 1.165) is 44.0 Å². The first-order chi connectivity index (χ1) is 8.24. The maximum atomic E-state index is 10.6. The Morgan fingerprint density at radius 1 is 1.29 bits per heavy atom. The predicted octanol–water partition coefficient (Wildman–Crippen LogP) is 0.556. The number of carbonyl (C=O) groups excluding carboxylic acids is 1. The fourth-order valence-electron chi connectivity index (χ4n) is 2.02. The molecule has 1 amide bonds. The summed E-state index contributed by atoms with van der Waals surface area (Å²) >= 11 is 0. The number of hydrogen-bond donors (Lipinski definition) is 1. The number of piperazine rings is 1. The van der Waals surface area contributed by atoms with Gasteiger partial charge in [-0.3, -0.25) is 4.79 Å². The highest BCUT2D eigenvalue weighted by Gasteiger charge is 2.17. The van der Waals surface area contributed by atoms with Crippen LogP contribution in [0.15, 0.2) is 18.2 Å². The van der Waals surface area contributed by atoms with Crippen LogP contribution in [0.25, 0.3) is 0 Å². The molecule has 2 rings (SSSR count).